The van der Waals surface area contributed by atoms with Crippen LogP contribution in [0.25, 0.3) is 11.0 Å². The molecule has 0 unspecified atom stereocenters. The Morgan fingerprint density at radius 2 is 1.50 bits per heavy atom. The minimum atomic E-state index is -5.08. The molecule has 5 N–H and O–H groups in total. The molecule has 0 aliphatic heterocycles. The number of fused-ring (bicyclic) bond motifs is 1. The molecular formula is C16H16F6N2O6. The van der Waals surface area contributed by atoms with E-state index in [0.29, 0.717) is 18.5 Å². The van der Waals surface area contributed by atoms with E-state index in [1.54, 1.807) is 0 Å². The van der Waals surface area contributed by atoms with E-state index in [4.69, 9.17) is 30.0 Å². The summed E-state index contributed by atoms with van der Waals surface area (Å²) in [5, 5.41) is 18.2. The standard InChI is InChI=1S/C12H14N2O2.2C2HF3O2/c1-14-9-2-3-10-8(4-5-13)6-12(15)16-11(10)7-9;2*3-2(4,5)1(6)7/h2-3,6-7,14H,4-5,13H2,1H3;2*(H,6,7). The number of aliphatic carboxylic acids is 2. The van der Waals surface area contributed by atoms with Gasteiger partial charge in [0.2, 0.25) is 0 Å². The maximum absolute atomic E-state index is 11.4. The molecule has 2 rings (SSSR count). The molecule has 168 valence electrons. The Hall–Kier alpha value is -3.29. The van der Waals surface area contributed by atoms with E-state index >= 15 is 0 Å². The number of nitrogens with two attached hydrogens (primary N) is 1. The van der Waals surface area contributed by atoms with Gasteiger partial charge in [-0.05, 0) is 30.7 Å². The summed E-state index contributed by atoms with van der Waals surface area (Å²) in [5.74, 6) is -5.51. The lowest BCUT2D eigenvalue weighted by Crippen LogP contribution is -2.21. The van der Waals surface area contributed by atoms with E-state index in [1.807, 2.05) is 25.2 Å². The molecule has 0 amide bonds. The molecule has 0 atom stereocenters. The molecule has 0 radical (unpaired) electrons. The van der Waals surface area contributed by atoms with Crippen LogP contribution in [-0.2, 0) is 16.0 Å². The topological polar surface area (TPSA) is 143 Å². The molecule has 0 spiro atoms. The van der Waals surface area contributed by atoms with Crippen LogP contribution in [-0.4, -0.2) is 48.1 Å². The van der Waals surface area contributed by atoms with E-state index in [0.717, 1.165) is 16.6 Å². The first-order chi connectivity index (χ1) is 13.6. The summed E-state index contributed by atoms with van der Waals surface area (Å²) in [5.41, 5.74) is 7.64. The molecular weight excluding hydrogens is 430 g/mol. The van der Waals surface area contributed by atoms with Gasteiger partial charge < -0.3 is 25.7 Å². The van der Waals surface area contributed by atoms with Gasteiger partial charge in [-0.1, -0.05) is 0 Å². The molecule has 1 aromatic carbocycles. The fourth-order valence-corrected chi connectivity index (χ4v) is 1.75. The zero-order valence-corrected chi connectivity index (χ0v) is 15.1. The fourth-order valence-electron chi connectivity index (χ4n) is 1.75. The van der Waals surface area contributed by atoms with E-state index in [-0.39, 0.29) is 5.63 Å². The highest BCUT2D eigenvalue weighted by Crippen LogP contribution is 2.21. The smallest absolute Gasteiger partial charge is 0.475 e. The first-order valence-electron chi connectivity index (χ1n) is 7.68. The Morgan fingerprint density at radius 1 is 1.03 bits per heavy atom. The number of nitrogens with one attached hydrogen (secondary N) is 1. The third kappa shape index (κ3) is 9.27. The molecule has 0 aliphatic carbocycles. The van der Waals surface area contributed by atoms with Gasteiger partial charge in [-0.25, -0.2) is 14.4 Å². The maximum Gasteiger partial charge on any atom is 0.490 e. The number of hydrogen-bond donors (Lipinski definition) is 4. The van der Waals surface area contributed by atoms with Crippen LogP contribution in [0.5, 0.6) is 0 Å². The van der Waals surface area contributed by atoms with Crippen molar-refractivity contribution in [1.29, 1.82) is 0 Å². The lowest BCUT2D eigenvalue weighted by Gasteiger charge is -2.05. The van der Waals surface area contributed by atoms with Crippen molar-refractivity contribution >= 4 is 28.6 Å². The zero-order valence-electron chi connectivity index (χ0n) is 15.1. The van der Waals surface area contributed by atoms with Crippen LogP contribution in [0.4, 0.5) is 32.0 Å². The molecule has 2 aromatic rings. The summed E-state index contributed by atoms with van der Waals surface area (Å²) < 4.78 is 68.6. The molecule has 1 aromatic heterocycles. The van der Waals surface area contributed by atoms with E-state index in [1.165, 1.54) is 6.07 Å². The Balaban J connectivity index is 0.000000503. The van der Waals surface area contributed by atoms with Gasteiger partial charge >= 0.3 is 29.9 Å². The molecule has 1 heterocycles. The van der Waals surface area contributed by atoms with Gasteiger partial charge in [0, 0.05) is 30.3 Å². The summed E-state index contributed by atoms with van der Waals surface area (Å²) in [6, 6.07) is 7.21. The number of benzene rings is 1. The fraction of sp³-hybridized carbons (Fsp3) is 0.312. The van der Waals surface area contributed by atoms with Gasteiger partial charge in [0.1, 0.15) is 5.58 Å². The van der Waals surface area contributed by atoms with Crippen molar-refractivity contribution in [3.8, 4) is 0 Å². The summed E-state index contributed by atoms with van der Waals surface area (Å²) >= 11 is 0. The van der Waals surface area contributed by atoms with Crippen LogP contribution in [0.1, 0.15) is 5.56 Å². The largest absolute Gasteiger partial charge is 0.490 e. The molecule has 0 bridgehead atoms. The van der Waals surface area contributed by atoms with Crippen molar-refractivity contribution in [3.05, 3.63) is 40.2 Å². The van der Waals surface area contributed by atoms with Crippen LogP contribution in [0.15, 0.2) is 33.5 Å². The minimum Gasteiger partial charge on any atom is -0.475 e. The van der Waals surface area contributed by atoms with Crippen LogP contribution in [0.3, 0.4) is 0 Å². The lowest BCUT2D eigenvalue weighted by atomic mass is 10.1. The van der Waals surface area contributed by atoms with Gasteiger partial charge in [0.25, 0.3) is 0 Å². The number of carboxylic acid groups (broad SMARTS) is 2. The lowest BCUT2D eigenvalue weighted by molar-refractivity contribution is -0.193. The summed E-state index contributed by atoms with van der Waals surface area (Å²) in [4.78, 5) is 29.1. The number of hydrogen-bond acceptors (Lipinski definition) is 6. The van der Waals surface area contributed by atoms with Gasteiger partial charge in [0.05, 0.1) is 0 Å². The van der Waals surface area contributed by atoms with Gasteiger partial charge in [-0.2, -0.15) is 26.3 Å². The zero-order chi connectivity index (χ0) is 23.7. The Labute approximate surface area is 163 Å². The van der Waals surface area contributed by atoms with Crippen molar-refractivity contribution in [2.75, 3.05) is 18.9 Å². The quantitative estimate of drug-likeness (QED) is 0.416. The maximum atomic E-state index is 11.4. The average molecular weight is 446 g/mol. The summed E-state index contributed by atoms with van der Waals surface area (Å²) in [6.45, 7) is 0.520. The van der Waals surface area contributed by atoms with E-state index in [9.17, 15) is 31.1 Å². The van der Waals surface area contributed by atoms with Crippen LogP contribution < -0.4 is 16.7 Å². The molecule has 0 aliphatic rings. The van der Waals surface area contributed by atoms with Crippen molar-refractivity contribution < 1.29 is 50.6 Å². The number of halogens is 6. The second kappa shape index (κ2) is 11.0. The Kier molecular flexibility index (Phi) is 9.83. The predicted molar refractivity (Wildman–Crippen MR) is 92.2 cm³/mol. The predicted octanol–water partition coefficient (Wildman–Crippen LogP) is 2.60. The van der Waals surface area contributed by atoms with Gasteiger partial charge in [0.15, 0.2) is 0 Å². The second-order valence-electron chi connectivity index (χ2n) is 5.20. The average Bonchev–Trinajstić information content (AvgIpc) is 2.60. The number of rotatable bonds is 3. The summed E-state index contributed by atoms with van der Waals surface area (Å²) in [7, 11) is 1.82. The highest BCUT2D eigenvalue weighted by molar-refractivity contribution is 5.83. The van der Waals surface area contributed by atoms with E-state index in [2.05, 4.69) is 5.32 Å². The van der Waals surface area contributed by atoms with Crippen molar-refractivity contribution in [3.63, 3.8) is 0 Å². The first-order valence-corrected chi connectivity index (χ1v) is 7.68. The van der Waals surface area contributed by atoms with Crippen LogP contribution in [0, 0.1) is 0 Å². The number of carboxylic acids is 2. The highest BCUT2D eigenvalue weighted by Gasteiger charge is 2.38. The summed E-state index contributed by atoms with van der Waals surface area (Å²) in [6.07, 6.45) is -9.49. The van der Waals surface area contributed by atoms with Gasteiger partial charge in [-0.3, -0.25) is 0 Å². The number of carbonyl (C=O) groups is 2. The van der Waals surface area contributed by atoms with Crippen molar-refractivity contribution in [2.45, 2.75) is 18.8 Å². The second-order valence-corrected chi connectivity index (χ2v) is 5.20. The molecule has 0 saturated carbocycles. The normalized spacial score (nSPS) is 10.9. The first kappa shape index (κ1) is 26.7. The Morgan fingerprint density at radius 3 is 1.87 bits per heavy atom. The minimum absolute atomic E-state index is 0.329. The SMILES string of the molecule is CNc1ccc2c(CCN)cc(=O)oc2c1.O=C(O)C(F)(F)F.O=C(O)C(F)(F)F. The molecule has 14 heteroatoms. The number of anilines is 1. The van der Waals surface area contributed by atoms with Crippen molar-refractivity contribution in [2.24, 2.45) is 5.73 Å². The Bertz CT molecular complexity index is 899. The highest BCUT2D eigenvalue weighted by atomic mass is 19.4. The number of alkyl halides is 6. The third-order valence-electron chi connectivity index (χ3n) is 3.02. The monoisotopic (exact) mass is 446 g/mol. The van der Waals surface area contributed by atoms with Gasteiger partial charge in [-0.15, -0.1) is 0 Å². The van der Waals surface area contributed by atoms with Crippen LogP contribution >= 0.6 is 0 Å². The van der Waals surface area contributed by atoms with Crippen LogP contribution in [0.2, 0.25) is 0 Å². The van der Waals surface area contributed by atoms with Crippen molar-refractivity contribution in [1.82, 2.24) is 0 Å². The molecule has 8 nitrogen and oxygen atoms in total. The molecule has 0 fully saturated rings. The third-order valence-corrected chi connectivity index (χ3v) is 3.02. The molecule has 0 saturated heterocycles. The van der Waals surface area contributed by atoms with E-state index < -0.39 is 24.3 Å². The molecule has 30 heavy (non-hydrogen) atoms.